The van der Waals surface area contributed by atoms with Crippen LogP contribution >= 0.6 is 0 Å². The minimum absolute atomic E-state index is 0.0315. The van der Waals surface area contributed by atoms with E-state index in [1.54, 1.807) is 19.2 Å². The molecular formula is C22H23F2N3O2. The van der Waals surface area contributed by atoms with E-state index in [0.717, 1.165) is 6.42 Å². The van der Waals surface area contributed by atoms with Gasteiger partial charge < -0.3 is 4.90 Å². The summed E-state index contributed by atoms with van der Waals surface area (Å²) in [4.78, 5) is 35.4. The quantitative estimate of drug-likeness (QED) is 0.728. The second-order valence-electron chi connectivity index (χ2n) is 8.09. The molecule has 0 bridgehead atoms. The molecule has 7 heteroatoms. The Morgan fingerprint density at radius 2 is 2.03 bits per heavy atom. The number of aryl methyl sites for hydroxylation is 1. The first kappa shape index (κ1) is 19.6. The Kier molecular flexibility index (Phi) is 5.15. The van der Waals surface area contributed by atoms with Crippen LogP contribution in [0.1, 0.15) is 48.4 Å². The van der Waals surface area contributed by atoms with Crippen LogP contribution in [0.15, 0.2) is 36.5 Å². The van der Waals surface area contributed by atoms with Gasteiger partial charge in [0, 0.05) is 18.3 Å². The normalized spacial score (nSPS) is 26.9. The van der Waals surface area contributed by atoms with Crippen LogP contribution in [-0.2, 0) is 4.79 Å². The van der Waals surface area contributed by atoms with E-state index in [9.17, 15) is 14.0 Å². The van der Waals surface area contributed by atoms with Crippen LogP contribution in [0.4, 0.5) is 14.5 Å². The average Bonchev–Trinajstić information content (AvgIpc) is 2.93. The Balaban J connectivity index is 1.51. The van der Waals surface area contributed by atoms with Gasteiger partial charge in [0.25, 0.3) is 0 Å². The Hall–Kier alpha value is -2.70. The van der Waals surface area contributed by atoms with Crippen LogP contribution in [0.5, 0.6) is 0 Å². The summed E-state index contributed by atoms with van der Waals surface area (Å²) < 4.78 is 28.4. The van der Waals surface area contributed by atoms with Crippen molar-refractivity contribution in [3.63, 3.8) is 0 Å². The van der Waals surface area contributed by atoms with Crippen LogP contribution in [0.3, 0.4) is 0 Å². The van der Waals surface area contributed by atoms with Gasteiger partial charge >= 0.3 is 0 Å². The summed E-state index contributed by atoms with van der Waals surface area (Å²) >= 11 is 0. The standard InChI is InChI=1S/C22H23F2N3O2/c1-14-25-10-8-18(26-14)19(28)11-15-3-2-9-22(12-15)20(24)13-27(21(22)29)17-6-4-16(23)5-7-17/h4-8,10,15,20H,2-3,9,11-13H2,1H3. The predicted molar refractivity (Wildman–Crippen MR) is 104 cm³/mol. The maximum Gasteiger partial charge on any atom is 0.236 e. The fraction of sp³-hybridized carbons (Fsp3) is 0.455. The predicted octanol–water partition coefficient (Wildman–Crippen LogP) is 4.06. The molecule has 1 amide bonds. The van der Waals surface area contributed by atoms with Crippen molar-refractivity contribution in [2.75, 3.05) is 11.4 Å². The zero-order valence-corrected chi connectivity index (χ0v) is 16.3. The minimum Gasteiger partial charge on any atom is -0.309 e. The monoisotopic (exact) mass is 399 g/mol. The van der Waals surface area contributed by atoms with E-state index in [1.165, 1.54) is 29.2 Å². The lowest BCUT2D eigenvalue weighted by Gasteiger charge is -2.37. The van der Waals surface area contributed by atoms with Crippen molar-refractivity contribution in [2.45, 2.75) is 45.2 Å². The number of Topliss-reactive ketones (excluding diaryl/α,β-unsaturated/α-hetero) is 1. The molecule has 1 aliphatic carbocycles. The van der Waals surface area contributed by atoms with Gasteiger partial charge in [-0.25, -0.2) is 18.7 Å². The molecule has 2 aliphatic rings. The lowest BCUT2D eigenvalue weighted by Crippen LogP contribution is -2.42. The third kappa shape index (κ3) is 3.66. The molecule has 1 aromatic heterocycles. The first-order valence-corrected chi connectivity index (χ1v) is 9.93. The number of aromatic nitrogens is 2. The maximum absolute atomic E-state index is 15.2. The van der Waals surface area contributed by atoms with E-state index in [2.05, 4.69) is 9.97 Å². The molecule has 3 unspecified atom stereocenters. The highest BCUT2D eigenvalue weighted by atomic mass is 19.1. The second-order valence-corrected chi connectivity index (χ2v) is 8.09. The SMILES string of the molecule is Cc1nccc(C(=O)CC2CCCC3(C2)C(=O)N(c2ccc(F)cc2)CC3F)n1. The third-order valence-electron chi connectivity index (χ3n) is 6.18. The van der Waals surface area contributed by atoms with E-state index >= 15 is 4.39 Å². The number of carbonyl (C=O) groups is 2. The minimum atomic E-state index is -1.31. The van der Waals surface area contributed by atoms with Crippen LogP contribution in [0, 0.1) is 24.1 Å². The summed E-state index contributed by atoms with van der Waals surface area (Å²) in [6, 6.07) is 7.13. The van der Waals surface area contributed by atoms with E-state index in [-0.39, 0.29) is 30.6 Å². The lowest BCUT2D eigenvalue weighted by atomic mass is 9.66. The molecule has 3 atom stereocenters. The number of halogens is 2. The number of rotatable bonds is 4. The maximum atomic E-state index is 15.2. The molecule has 2 heterocycles. The van der Waals surface area contributed by atoms with Crippen LogP contribution < -0.4 is 4.90 Å². The van der Waals surface area contributed by atoms with Gasteiger partial charge in [0.05, 0.1) is 12.0 Å². The van der Waals surface area contributed by atoms with Crippen LogP contribution in [-0.4, -0.2) is 34.4 Å². The molecule has 1 saturated carbocycles. The van der Waals surface area contributed by atoms with Crippen molar-refractivity contribution in [3.05, 3.63) is 53.9 Å². The Morgan fingerprint density at radius 3 is 2.76 bits per heavy atom. The number of carbonyl (C=O) groups excluding carboxylic acids is 2. The number of alkyl halides is 1. The van der Waals surface area contributed by atoms with Crippen molar-refractivity contribution in [1.82, 2.24) is 9.97 Å². The van der Waals surface area contributed by atoms with Crippen molar-refractivity contribution >= 4 is 17.4 Å². The van der Waals surface area contributed by atoms with Gasteiger partial charge in [-0.2, -0.15) is 0 Å². The third-order valence-corrected chi connectivity index (χ3v) is 6.18. The number of anilines is 1. The highest BCUT2D eigenvalue weighted by Gasteiger charge is 2.56. The van der Waals surface area contributed by atoms with Gasteiger partial charge in [-0.3, -0.25) is 9.59 Å². The molecule has 2 fully saturated rings. The first-order valence-electron chi connectivity index (χ1n) is 9.93. The average molecular weight is 399 g/mol. The summed E-state index contributed by atoms with van der Waals surface area (Å²) in [5.74, 6) is -0.300. The van der Waals surface area contributed by atoms with Gasteiger partial charge in [0.15, 0.2) is 5.78 Å². The number of hydrogen-bond donors (Lipinski definition) is 0. The van der Waals surface area contributed by atoms with E-state index < -0.39 is 17.4 Å². The van der Waals surface area contributed by atoms with Gasteiger partial charge in [-0.15, -0.1) is 0 Å². The summed E-state index contributed by atoms with van der Waals surface area (Å²) in [5, 5.41) is 0. The molecule has 152 valence electrons. The lowest BCUT2D eigenvalue weighted by molar-refractivity contribution is -0.130. The molecular weight excluding hydrogens is 376 g/mol. The van der Waals surface area contributed by atoms with Gasteiger partial charge in [-0.05, 0) is 62.4 Å². The summed E-state index contributed by atoms with van der Waals surface area (Å²) in [6.07, 6.45) is 2.80. The number of benzene rings is 1. The largest absolute Gasteiger partial charge is 0.309 e. The van der Waals surface area contributed by atoms with E-state index in [4.69, 9.17) is 0 Å². The topological polar surface area (TPSA) is 63.2 Å². The smallest absolute Gasteiger partial charge is 0.236 e. The molecule has 0 N–H and O–H groups in total. The van der Waals surface area contributed by atoms with E-state index in [0.29, 0.717) is 36.5 Å². The molecule has 1 saturated heterocycles. The fourth-order valence-electron chi connectivity index (χ4n) is 4.72. The van der Waals surface area contributed by atoms with E-state index in [1.807, 2.05) is 0 Å². The Labute approximate surface area is 168 Å². The molecule has 29 heavy (non-hydrogen) atoms. The molecule has 2 aromatic rings. The van der Waals surface area contributed by atoms with Crippen molar-refractivity contribution in [2.24, 2.45) is 11.3 Å². The Bertz CT molecular complexity index is 934. The van der Waals surface area contributed by atoms with Crippen molar-refractivity contribution in [3.8, 4) is 0 Å². The summed E-state index contributed by atoms with van der Waals surface area (Å²) in [5.41, 5.74) is -0.232. The fourth-order valence-corrected chi connectivity index (χ4v) is 4.72. The molecule has 0 radical (unpaired) electrons. The zero-order valence-electron chi connectivity index (χ0n) is 16.3. The van der Waals surface area contributed by atoms with Crippen LogP contribution in [0.25, 0.3) is 0 Å². The number of nitrogens with zero attached hydrogens (tertiary/aromatic N) is 3. The molecule has 5 nitrogen and oxygen atoms in total. The number of hydrogen-bond acceptors (Lipinski definition) is 4. The van der Waals surface area contributed by atoms with Gasteiger partial charge in [0.2, 0.25) is 5.91 Å². The van der Waals surface area contributed by atoms with Crippen LogP contribution in [0.2, 0.25) is 0 Å². The Morgan fingerprint density at radius 1 is 1.28 bits per heavy atom. The molecule has 1 aliphatic heterocycles. The summed E-state index contributed by atoms with van der Waals surface area (Å²) in [7, 11) is 0. The van der Waals surface area contributed by atoms with Crippen molar-refractivity contribution < 1.29 is 18.4 Å². The highest BCUT2D eigenvalue weighted by molar-refractivity contribution is 6.01. The highest BCUT2D eigenvalue weighted by Crippen LogP contribution is 2.50. The van der Waals surface area contributed by atoms with Gasteiger partial charge in [-0.1, -0.05) is 6.42 Å². The zero-order chi connectivity index (χ0) is 20.6. The molecule has 1 spiro atoms. The van der Waals surface area contributed by atoms with Crippen molar-refractivity contribution in [1.29, 1.82) is 0 Å². The summed E-state index contributed by atoms with van der Waals surface area (Å²) in [6.45, 7) is 1.69. The first-order chi connectivity index (χ1) is 13.9. The number of ketones is 1. The van der Waals surface area contributed by atoms with Gasteiger partial charge in [0.1, 0.15) is 23.5 Å². The molecule has 1 aromatic carbocycles. The second kappa shape index (κ2) is 7.61. The number of amides is 1. The molecule has 4 rings (SSSR count).